The van der Waals surface area contributed by atoms with Crippen molar-refractivity contribution in [2.75, 3.05) is 18.6 Å². The van der Waals surface area contributed by atoms with Crippen LogP contribution in [0.1, 0.15) is 31.2 Å². The Morgan fingerprint density at radius 2 is 1.81 bits per heavy atom. The van der Waals surface area contributed by atoms with E-state index in [1.54, 1.807) is 19.1 Å². The summed E-state index contributed by atoms with van der Waals surface area (Å²) in [7, 11) is 1.30. The Morgan fingerprint density at radius 1 is 1.07 bits per heavy atom. The van der Waals surface area contributed by atoms with E-state index in [4.69, 9.17) is 27.9 Å². The molecule has 2 heterocycles. The number of aromatic hydroxyl groups is 1. The summed E-state index contributed by atoms with van der Waals surface area (Å²) < 4.78 is 5.57. The van der Waals surface area contributed by atoms with Gasteiger partial charge in [0.15, 0.2) is 21.2 Å². The van der Waals surface area contributed by atoms with Gasteiger partial charge >= 0.3 is 0 Å². The topological polar surface area (TPSA) is 147 Å². The highest BCUT2D eigenvalue weighted by atomic mass is 35.5. The number of hydrogen-bond acceptors (Lipinski definition) is 8. The van der Waals surface area contributed by atoms with Crippen molar-refractivity contribution in [1.29, 1.82) is 0 Å². The molecule has 0 radical (unpaired) electrons. The number of imide groups is 2. The third-order valence-electron chi connectivity index (χ3n) is 8.93. The molecule has 2 aliphatic heterocycles. The smallest absolute Gasteiger partial charge is 0.271 e. The zero-order valence-corrected chi connectivity index (χ0v) is 24.0. The van der Waals surface area contributed by atoms with E-state index in [0.717, 1.165) is 15.9 Å². The van der Waals surface area contributed by atoms with E-state index in [9.17, 15) is 34.4 Å². The van der Waals surface area contributed by atoms with Gasteiger partial charge in [-0.05, 0) is 49.4 Å². The summed E-state index contributed by atoms with van der Waals surface area (Å²) in [6.45, 7) is 1.98. The number of fused-ring (bicyclic) bond motifs is 4. The van der Waals surface area contributed by atoms with Crippen molar-refractivity contribution >= 4 is 58.2 Å². The highest BCUT2D eigenvalue weighted by Gasteiger charge is 2.75. The van der Waals surface area contributed by atoms with Crippen molar-refractivity contribution in [1.82, 2.24) is 4.90 Å². The number of ether oxygens (including phenoxy) is 1. The summed E-state index contributed by atoms with van der Waals surface area (Å²) in [6.07, 6.45) is 1.73. The molecule has 0 bridgehead atoms. The average Bonchev–Trinajstić information content (AvgIpc) is 3.29. The van der Waals surface area contributed by atoms with Gasteiger partial charge in [0.05, 0.1) is 29.1 Å². The molecule has 4 aliphatic rings. The SMILES string of the molecule is CCOc1cc([C@H]2C3=CC[C@@H]4C(=O)N(c5cccc([N+](=O)[O-])c5)C(=O)[C@@H]4[C@@H]3C[C@@]3(Cl)C(=O)N(C)C(=O)[C@@]23Cl)ccc1O. The molecule has 0 unspecified atom stereocenters. The number of nitrogens with zero attached hydrogens (tertiary/aromatic N) is 3. The number of phenols is 1. The number of rotatable bonds is 5. The fraction of sp³-hybridized carbons (Fsp3) is 0.379. The van der Waals surface area contributed by atoms with Crippen LogP contribution in [0.5, 0.6) is 11.5 Å². The number of alkyl halides is 2. The van der Waals surface area contributed by atoms with Crippen LogP contribution in [0.2, 0.25) is 0 Å². The summed E-state index contributed by atoms with van der Waals surface area (Å²) in [5, 5.41) is 21.7. The molecule has 4 amide bonds. The molecule has 3 fully saturated rings. The van der Waals surface area contributed by atoms with Crippen LogP contribution in [-0.4, -0.2) is 62.0 Å². The number of benzene rings is 2. The molecule has 1 saturated carbocycles. The first-order valence-corrected chi connectivity index (χ1v) is 14.1. The summed E-state index contributed by atoms with van der Waals surface area (Å²) in [5.41, 5.74) is 0.812. The van der Waals surface area contributed by atoms with E-state index in [2.05, 4.69) is 0 Å². The summed E-state index contributed by atoms with van der Waals surface area (Å²) in [4.78, 5) is 63.6. The summed E-state index contributed by atoms with van der Waals surface area (Å²) in [5.74, 6) is -6.03. The number of amides is 4. The Bertz CT molecular complexity index is 1630. The Balaban J connectivity index is 1.50. The number of nitro benzene ring substituents is 1. The fourth-order valence-corrected chi connectivity index (χ4v) is 8.12. The van der Waals surface area contributed by atoms with Gasteiger partial charge in [0, 0.05) is 25.1 Å². The lowest BCUT2D eigenvalue weighted by molar-refractivity contribution is -0.384. The predicted molar refractivity (Wildman–Crippen MR) is 150 cm³/mol. The number of anilines is 1. The van der Waals surface area contributed by atoms with E-state index in [1.165, 1.54) is 37.4 Å². The maximum Gasteiger partial charge on any atom is 0.271 e. The zero-order chi connectivity index (χ0) is 30.3. The van der Waals surface area contributed by atoms with Gasteiger partial charge in [-0.3, -0.25) is 34.2 Å². The van der Waals surface area contributed by atoms with Gasteiger partial charge in [-0.1, -0.05) is 23.8 Å². The van der Waals surface area contributed by atoms with Crippen LogP contribution in [0, 0.1) is 27.9 Å². The maximum atomic E-state index is 14.0. The lowest BCUT2D eigenvalue weighted by Crippen LogP contribution is -2.60. The van der Waals surface area contributed by atoms with Gasteiger partial charge < -0.3 is 9.84 Å². The highest BCUT2D eigenvalue weighted by Crippen LogP contribution is 2.65. The standard InChI is InChI=1S/C29H25Cl2N3O8/c1-3-42-21-11-14(7-10-20(21)35)23-17-8-9-18-22(19(17)13-28(30)26(38)32(2)27(39)29(23,28)31)25(37)33(24(18)36)15-5-4-6-16(12-15)34(40)41/h4-8,10-12,18-19,22-23,35H,3,9,13H2,1-2H3/t18-,19+,22-,23-,28+,29-/m0/s1. The van der Waals surface area contributed by atoms with E-state index >= 15 is 0 Å². The van der Waals surface area contributed by atoms with Gasteiger partial charge in [-0.25, -0.2) is 4.90 Å². The number of carbonyl (C=O) groups excluding carboxylic acids is 4. The number of allylic oxidation sites excluding steroid dienone is 2. The number of hydrogen-bond donors (Lipinski definition) is 1. The molecule has 2 aromatic carbocycles. The van der Waals surface area contributed by atoms with Gasteiger partial charge in [-0.15, -0.1) is 23.2 Å². The normalized spacial score (nSPS) is 32.0. The van der Waals surface area contributed by atoms with Crippen LogP contribution in [0.4, 0.5) is 11.4 Å². The lowest BCUT2D eigenvalue weighted by Gasteiger charge is -2.50. The minimum absolute atomic E-state index is 0.0709. The number of carbonyl (C=O) groups is 4. The molecule has 6 rings (SSSR count). The first-order valence-electron chi connectivity index (χ1n) is 13.3. The second-order valence-electron chi connectivity index (χ2n) is 10.9. The van der Waals surface area contributed by atoms with Crippen molar-refractivity contribution in [2.24, 2.45) is 17.8 Å². The predicted octanol–water partition coefficient (Wildman–Crippen LogP) is 3.89. The first kappa shape index (κ1) is 28.2. The Labute approximate surface area is 249 Å². The molecule has 0 aromatic heterocycles. The van der Waals surface area contributed by atoms with Gasteiger partial charge in [0.25, 0.3) is 17.5 Å². The zero-order valence-electron chi connectivity index (χ0n) is 22.5. The fourth-order valence-electron chi connectivity index (χ4n) is 7.10. The molecule has 2 aromatic rings. The second kappa shape index (κ2) is 9.53. The van der Waals surface area contributed by atoms with Crippen LogP contribution < -0.4 is 9.64 Å². The molecule has 2 saturated heterocycles. The van der Waals surface area contributed by atoms with Crippen molar-refractivity contribution < 1.29 is 33.9 Å². The number of non-ortho nitro benzene ring substituents is 1. The van der Waals surface area contributed by atoms with Crippen LogP contribution in [0.15, 0.2) is 54.1 Å². The van der Waals surface area contributed by atoms with E-state index in [1.807, 2.05) is 0 Å². The van der Waals surface area contributed by atoms with Gasteiger partial charge in [-0.2, -0.15) is 0 Å². The molecule has 0 spiro atoms. The van der Waals surface area contributed by atoms with E-state index < -0.39 is 62.0 Å². The van der Waals surface area contributed by atoms with Gasteiger partial charge in [0.2, 0.25) is 11.8 Å². The summed E-state index contributed by atoms with van der Waals surface area (Å²) in [6, 6.07) is 9.76. The highest BCUT2D eigenvalue weighted by molar-refractivity contribution is 6.53. The van der Waals surface area contributed by atoms with E-state index in [0.29, 0.717) is 11.1 Å². The Hall–Kier alpha value is -3.96. The summed E-state index contributed by atoms with van der Waals surface area (Å²) >= 11 is 14.3. The third kappa shape index (κ3) is 3.59. The van der Waals surface area contributed by atoms with Crippen LogP contribution in [-0.2, 0) is 19.2 Å². The van der Waals surface area contributed by atoms with Crippen LogP contribution >= 0.6 is 23.2 Å². The molecule has 2 aliphatic carbocycles. The van der Waals surface area contributed by atoms with Crippen molar-refractivity contribution in [3.05, 3.63) is 69.8 Å². The molecule has 11 nitrogen and oxygen atoms in total. The van der Waals surface area contributed by atoms with Crippen molar-refractivity contribution in [3.63, 3.8) is 0 Å². The molecule has 218 valence electrons. The number of nitro groups is 1. The number of phenolic OH excluding ortho intramolecular Hbond substituents is 1. The monoisotopic (exact) mass is 613 g/mol. The quantitative estimate of drug-likeness (QED) is 0.176. The largest absolute Gasteiger partial charge is 0.504 e. The van der Waals surface area contributed by atoms with Gasteiger partial charge in [0.1, 0.15) is 0 Å². The van der Waals surface area contributed by atoms with E-state index in [-0.39, 0.29) is 42.3 Å². The second-order valence-corrected chi connectivity index (χ2v) is 12.2. The first-order chi connectivity index (χ1) is 19.9. The molecular weight excluding hydrogens is 589 g/mol. The molecule has 6 atom stereocenters. The molecular formula is C29H25Cl2N3O8. The molecule has 1 N–H and O–H groups in total. The third-order valence-corrected chi connectivity index (χ3v) is 10.3. The van der Waals surface area contributed by atoms with Crippen molar-refractivity contribution in [3.8, 4) is 11.5 Å². The minimum Gasteiger partial charge on any atom is -0.504 e. The average molecular weight is 614 g/mol. The molecule has 13 heteroatoms. The number of likely N-dealkylation sites (tertiary alicyclic amines) is 1. The minimum atomic E-state index is -1.97. The lowest BCUT2D eigenvalue weighted by atomic mass is 9.56. The van der Waals surface area contributed by atoms with Crippen LogP contribution in [0.3, 0.4) is 0 Å². The Kier molecular flexibility index (Phi) is 6.39. The van der Waals surface area contributed by atoms with Crippen LogP contribution in [0.25, 0.3) is 0 Å². The van der Waals surface area contributed by atoms with Crippen molar-refractivity contribution in [2.45, 2.75) is 35.4 Å². The Morgan fingerprint density at radius 3 is 2.50 bits per heavy atom. The number of halogens is 2. The maximum absolute atomic E-state index is 14.0. The molecule has 42 heavy (non-hydrogen) atoms.